The van der Waals surface area contributed by atoms with Crippen LogP contribution in [0.5, 0.6) is 5.75 Å². The Bertz CT molecular complexity index is 553. The summed E-state index contributed by atoms with van der Waals surface area (Å²) in [5.74, 6) is 0.850. The van der Waals surface area contributed by atoms with Crippen LogP contribution in [-0.2, 0) is 13.5 Å². The van der Waals surface area contributed by atoms with E-state index in [0.29, 0.717) is 0 Å². The van der Waals surface area contributed by atoms with Crippen molar-refractivity contribution in [1.82, 2.24) is 14.9 Å². The van der Waals surface area contributed by atoms with Gasteiger partial charge in [0.05, 0.1) is 29.6 Å². The number of nitrogens with one attached hydrogen (secondary N) is 1. The number of ether oxygens (including phenoxy) is 1. The Balaban J connectivity index is 2.16. The Labute approximate surface area is 121 Å². The van der Waals surface area contributed by atoms with Gasteiger partial charge >= 0.3 is 0 Å². The van der Waals surface area contributed by atoms with Gasteiger partial charge in [0.15, 0.2) is 0 Å². The molecule has 0 aliphatic heterocycles. The van der Waals surface area contributed by atoms with Crippen LogP contribution in [-0.4, -0.2) is 23.7 Å². The average Bonchev–Trinajstić information content (AvgIpc) is 2.82. The summed E-state index contributed by atoms with van der Waals surface area (Å²) in [4.78, 5) is 4.40. The van der Waals surface area contributed by atoms with E-state index in [1.165, 1.54) is 5.56 Å². The molecular weight excluding hydrogens is 306 g/mol. The van der Waals surface area contributed by atoms with Crippen molar-refractivity contribution in [2.24, 2.45) is 7.05 Å². The van der Waals surface area contributed by atoms with Crippen molar-refractivity contribution in [2.45, 2.75) is 12.5 Å². The summed E-state index contributed by atoms with van der Waals surface area (Å²) in [6.45, 7) is 0. The minimum absolute atomic E-state index is 0.210. The predicted molar refractivity (Wildman–Crippen MR) is 79.4 cm³/mol. The molecule has 0 bridgehead atoms. The number of rotatable bonds is 5. The van der Waals surface area contributed by atoms with Gasteiger partial charge in [-0.3, -0.25) is 0 Å². The van der Waals surface area contributed by atoms with Gasteiger partial charge in [0.2, 0.25) is 0 Å². The molecule has 1 unspecified atom stereocenters. The SMILES string of the molecule is CNC(Cc1ccc(OC)c(Br)c1)c1cn(C)cn1. The lowest BCUT2D eigenvalue weighted by Crippen LogP contribution is -2.19. The maximum atomic E-state index is 5.24. The van der Waals surface area contributed by atoms with E-state index in [4.69, 9.17) is 4.74 Å². The molecule has 2 rings (SSSR count). The molecule has 5 heteroatoms. The first-order chi connectivity index (χ1) is 9.13. The zero-order chi connectivity index (χ0) is 13.8. The van der Waals surface area contributed by atoms with Gasteiger partial charge in [-0.2, -0.15) is 0 Å². The highest BCUT2D eigenvalue weighted by molar-refractivity contribution is 9.10. The molecule has 0 fully saturated rings. The number of hydrogen-bond donors (Lipinski definition) is 1. The Morgan fingerprint density at radius 3 is 2.79 bits per heavy atom. The van der Waals surface area contributed by atoms with Crippen LogP contribution in [0.1, 0.15) is 17.3 Å². The fourth-order valence-electron chi connectivity index (χ4n) is 2.04. The smallest absolute Gasteiger partial charge is 0.133 e. The second-order valence-electron chi connectivity index (χ2n) is 4.48. The number of aromatic nitrogens is 2. The average molecular weight is 324 g/mol. The van der Waals surface area contributed by atoms with E-state index in [0.717, 1.165) is 22.3 Å². The molecular formula is C14H18BrN3O. The summed E-state index contributed by atoms with van der Waals surface area (Å²) >= 11 is 3.51. The minimum atomic E-state index is 0.210. The number of hydrogen-bond acceptors (Lipinski definition) is 3. The van der Waals surface area contributed by atoms with Crippen molar-refractivity contribution >= 4 is 15.9 Å². The van der Waals surface area contributed by atoms with Crippen LogP contribution >= 0.6 is 15.9 Å². The Kier molecular flexibility index (Phi) is 4.61. The first kappa shape index (κ1) is 14.1. The monoisotopic (exact) mass is 323 g/mol. The zero-order valence-electron chi connectivity index (χ0n) is 11.4. The third-order valence-electron chi connectivity index (χ3n) is 3.09. The first-order valence-electron chi connectivity index (χ1n) is 6.11. The van der Waals surface area contributed by atoms with Gasteiger partial charge in [-0.1, -0.05) is 6.07 Å². The molecule has 19 heavy (non-hydrogen) atoms. The van der Waals surface area contributed by atoms with E-state index in [9.17, 15) is 0 Å². The van der Waals surface area contributed by atoms with Crippen molar-refractivity contribution < 1.29 is 4.74 Å². The molecule has 0 spiro atoms. The fraction of sp³-hybridized carbons (Fsp3) is 0.357. The topological polar surface area (TPSA) is 39.1 Å². The molecule has 0 aliphatic rings. The van der Waals surface area contributed by atoms with Crippen molar-refractivity contribution in [1.29, 1.82) is 0 Å². The lowest BCUT2D eigenvalue weighted by atomic mass is 10.0. The third-order valence-corrected chi connectivity index (χ3v) is 3.71. The number of nitrogens with zero attached hydrogens (tertiary/aromatic N) is 2. The van der Waals surface area contributed by atoms with Crippen molar-refractivity contribution in [3.63, 3.8) is 0 Å². The standard InChI is InChI=1S/C14H18BrN3O/c1-16-12(13-8-18(2)9-17-13)7-10-4-5-14(19-3)11(15)6-10/h4-6,8-9,12,16H,7H2,1-3H3. The molecule has 0 saturated heterocycles. The fourth-order valence-corrected chi connectivity index (χ4v) is 2.63. The zero-order valence-corrected chi connectivity index (χ0v) is 12.9. The lowest BCUT2D eigenvalue weighted by molar-refractivity contribution is 0.412. The molecule has 1 N–H and O–H groups in total. The van der Waals surface area contributed by atoms with Crippen LogP contribution in [0, 0.1) is 0 Å². The number of halogens is 1. The van der Waals surface area contributed by atoms with Crippen LogP contribution in [0.2, 0.25) is 0 Å². The lowest BCUT2D eigenvalue weighted by Gasteiger charge is -2.14. The Morgan fingerprint density at radius 1 is 1.47 bits per heavy atom. The minimum Gasteiger partial charge on any atom is -0.496 e. The van der Waals surface area contributed by atoms with Crippen molar-refractivity contribution in [2.75, 3.05) is 14.2 Å². The molecule has 102 valence electrons. The largest absolute Gasteiger partial charge is 0.496 e. The molecule has 1 heterocycles. The van der Waals surface area contributed by atoms with Gasteiger partial charge in [-0.15, -0.1) is 0 Å². The maximum Gasteiger partial charge on any atom is 0.133 e. The Hall–Kier alpha value is -1.33. The van der Waals surface area contributed by atoms with Gasteiger partial charge in [0.1, 0.15) is 5.75 Å². The molecule has 2 aromatic rings. The van der Waals surface area contributed by atoms with E-state index < -0.39 is 0 Å². The van der Waals surface area contributed by atoms with E-state index in [-0.39, 0.29) is 6.04 Å². The highest BCUT2D eigenvalue weighted by atomic mass is 79.9. The summed E-state index contributed by atoms with van der Waals surface area (Å²) in [6, 6.07) is 6.36. The van der Waals surface area contributed by atoms with Crippen LogP contribution in [0.15, 0.2) is 35.2 Å². The van der Waals surface area contributed by atoms with Gasteiger partial charge in [0.25, 0.3) is 0 Å². The summed E-state index contributed by atoms with van der Waals surface area (Å²) in [7, 11) is 5.61. The molecule has 4 nitrogen and oxygen atoms in total. The van der Waals surface area contributed by atoms with Crippen molar-refractivity contribution in [3.8, 4) is 5.75 Å². The first-order valence-corrected chi connectivity index (χ1v) is 6.91. The van der Waals surface area contributed by atoms with E-state index in [1.807, 2.05) is 37.3 Å². The van der Waals surface area contributed by atoms with Gasteiger partial charge in [-0.25, -0.2) is 4.98 Å². The van der Waals surface area contributed by atoms with Crippen LogP contribution < -0.4 is 10.1 Å². The highest BCUT2D eigenvalue weighted by Crippen LogP contribution is 2.27. The maximum absolute atomic E-state index is 5.24. The molecule has 1 aromatic heterocycles. The van der Waals surface area contributed by atoms with E-state index in [2.05, 4.69) is 38.4 Å². The molecule has 0 saturated carbocycles. The summed E-state index contributed by atoms with van der Waals surface area (Å²) in [6.07, 6.45) is 4.75. The Morgan fingerprint density at radius 2 is 2.26 bits per heavy atom. The van der Waals surface area contributed by atoms with Gasteiger partial charge < -0.3 is 14.6 Å². The van der Waals surface area contributed by atoms with Gasteiger partial charge in [0, 0.05) is 13.2 Å². The summed E-state index contributed by atoms with van der Waals surface area (Å²) in [5, 5.41) is 3.31. The third kappa shape index (κ3) is 3.36. The molecule has 1 aromatic carbocycles. The predicted octanol–water partition coefficient (Wildman–Crippen LogP) is 2.69. The van der Waals surface area contributed by atoms with Crippen LogP contribution in [0.3, 0.4) is 0 Å². The number of benzene rings is 1. The normalized spacial score (nSPS) is 12.4. The quantitative estimate of drug-likeness (QED) is 0.919. The van der Waals surface area contributed by atoms with E-state index >= 15 is 0 Å². The molecule has 0 amide bonds. The molecule has 0 radical (unpaired) electrons. The number of likely N-dealkylation sites (N-methyl/N-ethyl adjacent to an activating group) is 1. The second kappa shape index (κ2) is 6.21. The van der Waals surface area contributed by atoms with E-state index in [1.54, 1.807) is 7.11 Å². The summed E-state index contributed by atoms with van der Waals surface area (Å²) < 4.78 is 8.18. The van der Waals surface area contributed by atoms with Crippen molar-refractivity contribution in [3.05, 3.63) is 46.5 Å². The molecule has 0 aliphatic carbocycles. The summed E-state index contributed by atoms with van der Waals surface area (Å²) in [5.41, 5.74) is 2.29. The molecule has 1 atom stereocenters. The second-order valence-corrected chi connectivity index (χ2v) is 5.33. The number of imidazole rings is 1. The van der Waals surface area contributed by atoms with Crippen LogP contribution in [0.25, 0.3) is 0 Å². The number of aryl methyl sites for hydroxylation is 1. The number of methoxy groups -OCH3 is 1. The highest BCUT2D eigenvalue weighted by Gasteiger charge is 2.13. The van der Waals surface area contributed by atoms with Crippen LogP contribution in [0.4, 0.5) is 0 Å². The van der Waals surface area contributed by atoms with Gasteiger partial charge in [-0.05, 0) is 47.1 Å².